The number of rotatable bonds is 1. The second kappa shape index (κ2) is 3.50. The lowest BCUT2D eigenvalue weighted by atomic mass is 9.83. The van der Waals surface area contributed by atoms with Crippen molar-refractivity contribution in [2.24, 2.45) is 11.1 Å². The van der Waals surface area contributed by atoms with Crippen LogP contribution in [-0.4, -0.2) is 5.11 Å². The van der Waals surface area contributed by atoms with Crippen LogP contribution in [0.2, 0.25) is 0 Å². The second-order valence-corrected chi connectivity index (χ2v) is 4.66. The quantitative estimate of drug-likeness (QED) is 0.473. The molecule has 0 bridgehead atoms. The van der Waals surface area contributed by atoms with E-state index >= 15 is 0 Å². The van der Waals surface area contributed by atoms with E-state index in [4.69, 9.17) is 11.5 Å². The van der Waals surface area contributed by atoms with E-state index in [1.807, 2.05) is 6.07 Å². The van der Waals surface area contributed by atoms with Gasteiger partial charge in [0.2, 0.25) is 0 Å². The van der Waals surface area contributed by atoms with Crippen LogP contribution in [0.4, 0.5) is 5.69 Å². The zero-order chi connectivity index (χ0) is 10.9. The van der Waals surface area contributed by atoms with Crippen LogP contribution in [0.3, 0.4) is 0 Å². The van der Waals surface area contributed by atoms with Crippen molar-refractivity contribution in [2.75, 3.05) is 5.73 Å². The molecule has 0 aliphatic rings. The molecule has 0 spiro atoms. The Morgan fingerprint density at radius 3 is 2.29 bits per heavy atom. The Balaban J connectivity index is 3.03. The monoisotopic (exact) mass is 194 g/mol. The van der Waals surface area contributed by atoms with E-state index in [0.717, 1.165) is 5.56 Å². The van der Waals surface area contributed by atoms with Gasteiger partial charge in [-0.2, -0.15) is 0 Å². The van der Waals surface area contributed by atoms with Gasteiger partial charge in [-0.3, -0.25) is 0 Å². The van der Waals surface area contributed by atoms with Crippen LogP contribution in [0.15, 0.2) is 18.2 Å². The van der Waals surface area contributed by atoms with Crippen molar-refractivity contribution in [3.8, 4) is 5.75 Å². The molecule has 3 heteroatoms. The number of hydrogen-bond acceptors (Lipinski definition) is 3. The fourth-order valence-electron chi connectivity index (χ4n) is 1.27. The van der Waals surface area contributed by atoms with Crippen LogP contribution in [0.25, 0.3) is 0 Å². The number of phenols is 1. The lowest BCUT2D eigenvalue weighted by Crippen LogP contribution is -2.26. The van der Waals surface area contributed by atoms with Gasteiger partial charge in [0.1, 0.15) is 5.75 Å². The van der Waals surface area contributed by atoms with Crippen LogP contribution in [-0.2, 0) is 0 Å². The molecule has 0 aliphatic carbocycles. The summed E-state index contributed by atoms with van der Waals surface area (Å²) in [6.45, 7) is 6.21. The molecule has 1 aromatic carbocycles. The van der Waals surface area contributed by atoms with Gasteiger partial charge in [0.15, 0.2) is 0 Å². The first kappa shape index (κ1) is 10.9. The molecular weight excluding hydrogens is 176 g/mol. The molecule has 14 heavy (non-hydrogen) atoms. The van der Waals surface area contributed by atoms with Crippen molar-refractivity contribution in [1.29, 1.82) is 0 Å². The summed E-state index contributed by atoms with van der Waals surface area (Å²) >= 11 is 0. The lowest BCUT2D eigenvalue weighted by molar-refractivity contribution is 0.327. The summed E-state index contributed by atoms with van der Waals surface area (Å²) in [6.07, 6.45) is 0. The highest BCUT2D eigenvalue weighted by Gasteiger charge is 2.22. The molecule has 0 radical (unpaired) electrons. The second-order valence-electron chi connectivity index (χ2n) is 4.66. The maximum Gasteiger partial charge on any atom is 0.138 e. The topological polar surface area (TPSA) is 72.3 Å². The number of phenolic OH excluding ortho intramolecular Hbond substituents is 1. The summed E-state index contributed by atoms with van der Waals surface area (Å²) in [5, 5.41) is 9.26. The van der Waals surface area contributed by atoms with E-state index in [1.165, 1.54) is 0 Å². The van der Waals surface area contributed by atoms with E-state index in [0.29, 0.717) is 5.69 Å². The molecule has 0 aliphatic heterocycles. The smallest absolute Gasteiger partial charge is 0.138 e. The summed E-state index contributed by atoms with van der Waals surface area (Å²) < 4.78 is 0. The third-order valence-corrected chi connectivity index (χ3v) is 2.34. The Labute approximate surface area is 84.7 Å². The Morgan fingerprint density at radius 1 is 1.29 bits per heavy atom. The van der Waals surface area contributed by atoms with Crippen molar-refractivity contribution in [2.45, 2.75) is 26.8 Å². The van der Waals surface area contributed by atoms with Gasteiger partial charge >= 0.3 is 0 Å². The zero-order valence-corrected chi connectivity index (χ0v) is 8.91. The highest BCUT2D eigenvalue weighted by atomic mass is 16.3. The number of benzene rings is 1. The average molecular weight is 194 g/mol. The van der Waals surface area contributed by atoms with Gasteiger partial charge in [0.25, 0.3) is 0 Å². The first-order valence-electron chi connectivity index (χ1n) is 4.66. The number of hydrogen-bond donors (Lipinski definition) is 3. The Kier molecular flexibility index (Phi) is 2.71. The Morgan fingerprint density at radius 2 is 1.86 bits per heavy atom. The maximum absolute atomic E-state index is 9.26. The van der Waals surface area contributed by atoms with E-state index in [9.17, 15) is 5.11 Å². The van der Waals surface area contributed by atoms with Crippen molar-refractivity contribution < 1.29 is 5.11 Å². The van der Waals surface area contributed by atoms with Crippen LogP contribution in [0.1, 0.15) is 32.4 Å². The molecular formula is C11H18N2O. The zero-order valence-electron chi connectivity index (χ0n) is 8.91. The van der Waals surface area contributed by atoms with Gasteiger partial charge in [-0.05, 0) is 23.1 Å². The first-order valence-corrected chi connectivity index (χ1v) is 4.66. The fourth-order valence-corrected chi connectivity index (χ4v) is 1.27. The number of nitrogen functional groups attached to an aromatic ring is 1. The summed E-state index contributed by atoms with van der Waals surface area (Å²) in [5.41, 5.74) is 13.0. The molecule has 0 saturated heterocycles. The molecule has 0 fully saturated rings. The number of anilines is 1. The third kappa shape index (κ3) is 2.17. The van der Waals surface area contributed by atoms with Gasteiger partial charge in [-0.25, -0.2) is 0 Å². The predicted octanol–water partition coefficient (Wildman–Crippen LogP) is 2.02. The summed E-state index contributed by atoms with van der Waals surface area (Å²) in [6, 6.07) is 5.04. The predicted molar refractivity (Wildman–Crippen MR) is 58.9 cm³/mol. The average Bonchev–Trinajstić information content (AvgIpc) is 2.07. The highest BCUT2D eigenvalue weighted by molar-refractivity contribution is 5.53. The fraction of sp³-hybridized carbons (Fsp3) is 0.455. The molecule has 0 saturated carbocycles. The maximum atomic E-state index is 9.26. The molecule has 78 valence electrons. The van der Waals surface area contributed by atoms with Crippen molar-refractivity contribution in [3.63, 3.8) is 0 Å². The molecule has 1 atom stereocenters. The molecule has 3 nitrogen and oxygen atoms in total. The SMILES string of the molecule is CC(C)(C)[C@H](N)c1ccc(O)c(N)c1. The van der Waals surface area contributed by atoms with Crippen molar-refractivity contribution in [1.82, 2.24) is 0 Å². The Bertz CT molecular complexity index is 329. The third-order valence-electron chi connectivity index (χ3n) is 2.34. The minimum atomic E-state index is -0.0783. The van der Waals surface area contributed by atoms with Crippen LogP contribution >= 0.6 is 0 Å². The minimum Gasteiger partial charge on any atom is -0.506 e. The van der Waals surface area contributed by atoms with Gasteiger partial charge < -0.3 is 16.6 Å². The van der Waals surface area contributed by atoms with Gasteiger partial charge in [0.05, 0.1) is 5.69 Å². The Hall–Kier alpha value is -1.22. The van der Waals surface area contributed by atoms with Crippen LogP contribution in [0.5, 0.6) is 5.75 Å². The molecule has 5 N–H and O–H groups in total. The van der Waals surface area contributed by atoms with Gasteiger partial charge in [-0.1, -0.05) is 26.8 Å². The molecule has 0 heterocycles. The first-order chi connectivity index (χ1) is 6.32. The standard InChI is InChI=1S/C11H18N2O/c1-11(2,3)10(13)7-4-5-9(14)8(12)6-7/h4-6,10,14H,12-13H2,1-3H3/t10-/m1/s1. The van der Waals surface area contributed by atoms with Crippen molar-refractivity contribution >= 4 is 5.69 Å². The summed E-state index contributed by atoms with van der Waals surface area (Å²) in [7, 11) is 0. The summed E-state index contributed by atoms with van der Waals surface area (Å²) in [4.78, 5) is 0. The van der Waals surface area contributed by atoms with Crippen LogP contribution < -0.4 is 11.5 Å². The van der Waals surface area contributed by atoms with E-state index in [1.54, 1.807) is 12.1 Å². The lowest BCUT2D eigenvalue weighted by Gasteiger charge is -2.27. The van der Waals surface area contributed by atoms with E-state index < -0.39 is 0 Å². The molecule has 1 aromatic rings. The minimum absolute atomic E-state index is 0.0105. The molecule has 0 aromatic heterocycles. The number of aromatic hydroxyl groups is 1. The molecule has 0 amide bonds. The number of nitrogens with two attached hydrogens (primary N) is 2. The molecule has 0 unspecified atom stereocenters. The summed E-state index contributed by atoms with van der Waals surface area (Å²) in [5.74, 6) is 0.106. The van der Waals surface area contributed by atoms with E-state index in [-0.39, 0.29) is 17.2 Å². The van der Waals surface area contributed by atoms with Gasteiger partial charge in [-0.15, -0.1) is 0 Å². The van der Waals surface area contributed by atoms with Gasteiger partial charge in [0, 0.05) is 6.04 Å². The van der Waals surface area contributed by atoms with Crippen LogP contribution in [0, 0.1) is 5.41 Å². The molecule has 1 rings (SSSR count). The largest absolute Gasteiger partial charge is 0.506 e. The van der Waals surface area contributed by atoms with Crippen molar-refractivity contribution in [3.05, 3.63) is 23.8 Å². The normalized spacial score (nSPS) is 14.0. The highest BCUT2D eigenvalue weighted by Crippen LogP contribution is 2.33. The van der Waals surface area contributed by atoms with E-state index in [2.05, 4.69) is 20.8 Å².